The van der Waals surface area contributed by atoms with Gasteiger partial charge < -0.3 is 5.73 Å². The first kappa shape index (κ1) is 7.98. The summed E-state index contributed by atoms with van der Waals surface area (Å²) in [7, 11) is 0. The molecule has 1 unspecified atom stereocenters. The second kappa shape index (κ2) is 2.86. The Morgan fingerprint density at radius 2 is 2.45 bits per heavy atom. The Bertz CT molecular complexity index is 240. The molecule has 1 heterocycles. The minimum atomic E-state index is -0.341. The molecule has 3 heteroatoms. The second-order valence-corrected chi connectivity index (χ2v) is 2.81. The Labute approximate surface area is 66.0 Å². The molecule has 0 spiro atoms. The molecule has 60 valence electrons. The predicted molar refractivity (Wildman–Crippen MR) is 44.2 cm³/mol. The normalized spacial score (nSPS) is 24.0. The lowest BCUT2D eigenvalue weighted by molar-refractivity contribution is -0.115. The van der Waals surface area contributed by atoms with Crippen molar-refractivity contribution >= 4 is 12.1 Å². The van der Waals surface area contributed by atoms with E-state index < -0.39 is 0 Å². The van der Waals surface area contributed by atoms with Crippen LogP contribution in [0, 0.1) is 5.92 Å². The van der Waals surface area contributed by atoms with Crippen molar-refractivity contribution < 1.29 is 4.79 Å². The Kier molecular flexibility index (Phi) is 2.08. The van der Waals surface area contributed by atoms with Gasteiger partial charge in [0, 0.05) is 17.5 Å². The molecular formula is C8H12N2O. The molecule has 3 nitrogen and oxygen atoms in total. The minimum absolute atomic E-state index is 0.227. The van der Waals surface area contributed by atoms with Crippen LogP contribution in [0.2, 0.25) is 0 Å². The summed E-state index contributed by atoms with van der Waals surface area (Å²) in [6.07, 6.45) is 2.64. The van der Waals surface area contributed by atoms with Crippen molar-refractivity contribution in [3.8, 4) is 0 Å². The van der Waals surface area contributed by atoms with E-state index in [0.29, 0.717) is 5.57 Å². The summed E-state index contributed by atoms with van der Waals surface area (Å²) >= 11 is 0. The SMILES string of the molecule is CC1=C(C(N)=O)C(C)CC=N1. The van der Waals surface area contributed by atoms with Crippen LogP contribution in [0.15, 0.2) is 16.3 Å². The van der Waals surface area contributed by atoms with Gasteiger partial charge in [-0.3, -0.25) is 9.79 Å². The van der Waals surface area contributed by atoms with Crippen LogP contribution in [0.4, 0.5) is 0 Å². The molecule has 1 amide bonds. The van der Waals surface area contributed by atoms with Gasteiger partial charge in [0.15, 0.2) is 0 Å². The summed E-state index contributed by atoms with van der Waals surface area (Å²) < 4.78 is 0. The molecule has 0 bridgehead atoms. The quantitative estimate of drug-likeness (QED) is 0.595. The van der Waals surface area contributed by atoms with Crippen LogP contribution in [0.25, 0.3) is 0 Å². The van der Waals surface area contributed by atoms with Gasteiger partial charge in [0.05, 0.1) is 0 Å². The molecule has 11 heavy (non-hydrogen) atoms. The van der Waals surface area contributed by atoms with Gasteiger partial charge in [-0.15, -0.1) is 0 Å². The van der Waals surface area contributed by atoms with Crippen LogP contribution in [0.5, 0.6) is 0 Å². The molecule has 1 rings (SSSR count). The van der Waals surface area contributed by atoms with Crippen LogP contribution in [0.1, 0.15) is 20.3 Å². The molecule has 1 atom stereocenters. The molecule has 0 aromatic rings. The van der Waals surface area contributed by atoms with Gasteiger partial charge in [0.25, 0.3) is 0 Å². The molecule has 1 aliphatic heterocycles. The molecule has 0 saturated carbocycles. The maximum atomic E-state index is 10.9. The van der Waals surface area contributed by atoms with Crippen LogP contribution in [0.3, 0.4) is 0 Å². The third-order valence-electron chi connectivity index (χ3n) is 1.89. The molecular weight excluding hydrogens is 140 g/mol. The topological polar surface area (TPSA) is 55.5 Å². The largest absolute Gasteiger partial charge is 0.366 e. The molecule has 2 N–H and O–H groups in total. The summed E-state index contributed by atoms with van der Waals surface area (Å²) in [6.45, 7) is 3.79. The van der Waals surface area contributed by atoms with Crippen molar-refractivity contribution in [2.75, 3.05) is 0 Å². The summed E-state index contributed by atoms with van der Waals surface area (Å²) in [5.41, 5.74) is 6.61. The van der Waals surface area contributed by atoms with Crippen LogP contribution < -0.4 is 5.73 Å². The number of aliphatic imine (C=N–C) groups is 1. The lowest BCUT2D eigenvalue weighted by Crippen LogP contribution is -2.22. The lowest BCUT2D eigenvalue weighted by atomic mass is 9.94. The number of rotatable bonds is 1. The molecule has 0 aromatic carbocycles. The predicted octanol–water partition coefficient (Wildman–Crippen LogP) is 0.856. The zero-order valence-electron chi connectivity index (χ0n) is 6.79. The number of hydrogen-bond donors (Lipinski definition) is 1. The van der Waals surface area contributed by atoms with Crippen molar-refractivity contribution in [1.29, 1.82) is 0 Å². The highest BCUT2D eigenvalue weighted by Gasteiger charge is 2.18. The van der Waals surface area contributed by atoms with E-state index in [-0.39, 0.29) is 11.8 Å². The molecule has 0 saturated heterocycles. The number of allylic oxidation sites excluding steroid dienone is 1. The minimum Gasteiger partial charge on any atom is -0.366 e. The third-order valence-corrected chi connectivity index (χ3v) is 1.89. The van der Waals surface area contributed by atoms with Gasteiger partial charge >= 0.3 is 0 Å². The Morgan fingerprint density at radius 3 is 2.82 bits per heavy atom. The van der Waals surface area contributed by atoms with E-state index in [1.54, 1.807) is 0 Å². The highest BCUT2D eigenvalue weighted by molar-refractivity contribution is 5.94. The summed E-state index contributed by atoms with van der Waals surface area (Å²) in [6, 6.07) is 0. The van der Waals surface area contributed by atoms with Crippen LogP contribution >= 0.6 is 0 Å². The fourth-order valence-electron chi connectivity index (χ4n) is 1.31. The first-order valence-electron chi connectivity index (χ1n) is 3.66. The Hall–Kier alpha value is -1.12. The Morgan fingerprint density at radius 1 is 1.82 bits per heavy atom. The molecule has 1 aliphatic rings. The van der Waals surface area contributed by atoms with E-state index in [2.05, 4.69) is 4.99 Å². The zero-order valence-corrected chi connectivity index (χ0v) is 6.79. The molecule has 0 fully saturated rings. The highest BCUT2D eigenvalue weighted by atomic mass is 16.1. The van der Waals surface area contributed by atoms with E-state index >= 15 is 0 Å². The van der Waals surface area contributed by atoms with E-state index in [9.17, 15) is 4.79 Å². The molecule has 0 radical (unpaired) electrons. The molecule has 0 aliphatic carbocycles. The number of nitrogens with zero attached hydrogens (tertiary/aromatic N) is 1. The first-order valence-corrected chi connectivity index (χ1v) is 3.66. The smallest absolute Gasteiger partial charge is 0.246 e. The van der Waals surface area contributed by atoms with E-state index in [1.807, 2.05) is 20.1 Å². The second-order valence-electron chi connectivity index (χ2n) is 2.81. The maximum Gasteiger partial charge on any atom is 0.246 e. The summed E-state index contributed by atoms with van der Waals surface area (Å²) in [4.78, 5) is 14.9. The number of amides is 1. The standard InChI is InChI=1S/C8H12N2O/c1-5-3-4-10-6(2)7(5)8(9)11/h4-5H,3H2,1-2H3,(H2,9,11). The summed E-state index contributed by atoms with van der Waals surface area (Å²) in [5, 5.41) is 0. The zero-order chi connectivity index (χ0) is 8.43. The van der Waals surface area contributed by atoms with Crippen molar-refractivity contribution in [3.63, 3.8) is 0 Å². The van der Waals surface area contributed by atoms with Gasteiger partial charge in [0.2, 0.25) is 5.91 Å². The van der Waals surface area contributed by atoms with Gasteiger partial charge in [-0.25, -0.2) is 0 Å². The van der Waals surface area contributed by atoms with Crippen molar-refractivity contribution in [1.82, 2.24) is 0 Å². The number of nitrogens with two attached hydrogens (primary N) is 1. The van der Waals surface area contributed by atoms with Crippen molar-refractivity contribution in [2.24, 2.45) is 16.6 Å². The van der Waals surface area contributed by atoms with Gasteiger partial charge in [-0.1, -0.05) is 6.92 Å². The lowest BCUT2D eigenvalue weighted by Gasteiger charge is -2.16. The van der Waals surface area contributed by atoms with Gasteiger partial charge in [-0.2, -0.15) is 0 Å². The van der Waals surface area contributed by atoms with Crippen molar-refractivity contribution in [3.05, 3.63) is 11.3 Å². The first-order chi connectivity index (χ1) is 5.13. The van der Waals surface area contributed by atoms with Crippen LogP contribution in [-0.2, 0) is 4.79 Å². The van der Waals surface area contributed by atoms with Crippen LogP contribution in [-0.4, -0.2) is 12.1 Å². The van der Waals surface area contributed by atoms with Gasteiger partial charge in [-0.05, 0) is 19.3 Å². The Balaban J connectivity index is 3.01. The van der Waals surface area contributed by atoms with Gasteiger partial charge in [0.1, 0.15) is 0 Å². The number of carbonyl (C=O) groups is 1. The fourth-order valence-corrected chi connectivity index (χ4v) is 1.31. The third kappa shape index (κ3) is 1.48. The number of primary amides is 1. The highest BCUT2D eigenvalue weighted by Crippen LogP contribution is 2.21. The number of carbonyl (C=O) groups excluding carboxylic acids is 1. The monoisotopic (exact) mass is 152 g/mol. The fraction of sp³-hybridized carbons (Fsp3) is 0.500. The summed E-state index contributed by atoms with van der Waals surface area (Å²) in [5.74, 6) is -0.114. The van der Waals surface area contributed by atoms with E-state index in [0.717, 1.165) is 12.1 Å². The molecule has 0 aromatic heterocycles. The average molecular weight is 152 g/mol. The number of hydrogen-bond acceptors (Lipinski definition) is 2. The maximum absolute atomic E-state index is 10.9. The van der Waals surface area contributed by atoms with E-state index in [1.165, 1.54) is 0 Å². The van der Waals surface area contributed by atoms with E-state index in [4.69, 9.17) is 5.73 Å². The van der Waals surface area contributed by atoms with Crippen molar-refractivity contribution in [2.45, 2.75) is 20.3 Å². The average Bonchev–Trinajstić information content (AvgIpc) is 1.85.